The number of carbonyl (C=O) groups is 1. The summed E-state index contributed by atoms with van der Waals surface area (Å²) >= 11 is 0. The first-order valence-electron chi connectivity index (χ1n) is 5.27. The lowest BCUT2D eigenvalue weighted by Crippen LogP contribution is -2.39. The van der Waals surface area contributed by atoms with E-state index in [0.29, 0.717) is 6.61 Å². The van der Waals surface area contributed by atoms with Crippen molar-refractivity contribution in [3.8, 4) is 0 Å². The number of nitrogens with one attached hydrogen (secondary N) is 1. The minimum absolute atomic E-state index is 0.00654. The van der Waals surface area contributed by atoms with Crippen LogP contribution in [0.3, 0.4) is 0 Å². The van der Waals surface area contributed by atoms with Gasteiger partial charge in [-0.2, -0.15) is 0 Å². The van der Waals surface area contributed by atoms with Crippen LogP contribution in [0.1, 0.15) is 32.6 Å². The summed E-state index contributed by atoms with van der Waals surface area (Å²) in [5, 5.41) is 11.5. The van der Waals surface area contributed by atoms with Crippen LogP contribution in [0.5, 0.6) is 0 Å². The number of hydrogen-bond donors (Lipinski definition) is 2. The van der Waals surface area contributed by atoms with Gasteiger partial charge in [0.1, 0.15) is 6.10 Å². The Hall–Kier alpha value is -0.610. The quantitative estimate of drug-likeness (QED) is 0.678. The normalized spacial score (nSPS) is 23.4. The zero-order valence-corrected chi connectivity index (χ0v) is 8.66. The van der Waals surface area contributed by atoms with Gasteiger partial charge in [0.05, 0.1) is 0 Å². The smallest absolute Gasteiger partial charge is 0.249 e. The third-order valence-electron chi connectivity index (χ3n) is 2.41. The van der Waals surface area contributed by atoms with E-state index >= 15 is 0 Å². The zero-order valence-electron chi connectivity index (χ0n) is 8.66. The van der Waals surface area contributed by atoms with Crippen LogP contribution in [0.25, 0.3) is 0 Å². The maximum absolute atomic E-state index is 11.5. The van der Waals surface area contributed by atoms with Crippen LogP contribution in [0.2, 0.25) is 0 Å². The first kappa shape index (κ1) is 11.5. The van der Waals surface area contributed by atoms with Crippen molar-refractivity contribution in [2.45, 2.75) is 44.8 Å². The van der Waals surface area contributed by atoms with Gasteiger partial charge < -0.3 is 15.2 Å². The van der Waals surface area contributed by atoms with Crippen LogP contribution in [0.15, 0.2) is 0 Å². The number of carbonyl (C=O) groups excluding carboxylic acids is 1. The van der Waals surface area contributed by atoms with E-state index in [9.17, 15) is 4.79 Å². The number of rotatable bonds is 5. The highest BCUT2D eigenvalue weighted by Crippen LogP contribution is 2.12. The van der Waals surface area contributed by atoms with Crippen LogP contribution in [-0.4, -0.2) is 36.4 Å². The second-order valence-corrected chi connectivity index (χ2v) is 3.78. The van der Waals surface area contributed by atoms with Crippen molar-refractivity contribution in [3.05, 3.63) is 0 Å². The van der Waals surface area contributed by atoms with Crippen molar-refractivity contribution in [1.29, 1.82) is 0 Å². The fourth-order valence-electron chi connectivity index (χ4n) is 1.59. The molecule has 1 amide bonds. The molecule has 2 atom stereocenters. The average molecular weight is 201 g/mol. The third kappa shape index (κ3) is 3.64. The Morgan fingerprint density at radius 3 is 3.07 bits per heavy atom. The highest BCUT2D eigenvalue weighted by molar-refractivity contribution is 5.81. The molecule has 4 nitrogen and oxygen atoms in total. The maximum Gasteiger partial charge on any atom is 0.249 e. The number of aliphatic hydroxyl groups is 1. The standard InChI is InChI=1S/C10H19NO3/c1-8(4-2-6-12)11-10(13)9-5-3-7-14-9/h8-9,12H,2-7H2,1H3,(H,11,13)/t8?,9-/m0/s1. The van der Waals surface area contributed by atoms with Crippen molar-refractivity contribution < 1.29 is 14.6 Å². The minimum atomic E-state index is -0.244. The van der Waals surface area contributed by atoms with E-state index in [2.05, 4.69) is 5.32 Å². The predicted octanol–water partition coefficient (Wildman–Crippen LogP) is 0.443. The van der Waals surface area contributed by atoms with Gasteiger partial charge in [0.2, 0.25) is 5.91 Å². The molecule has 1 fully saturated rings. The molecular weight excluding hydrogens is 182 g/mol. The molecule has 1 unspecified atom stereocenters. The summed E-state index contributed by atoms with van der Waals surface area (Å²) in [5.41, 5.74) is 0. The Kier molecular flexibility index (Phi) is 4.90. The van der Waals surface area contributed by atoms with Crippen molar-refractivity contribution in [2.75, 3.05) is 13.2 Å². The Bertz CT molecular complexity index is 178. The Morgan fingerprint density at radius 2 is 2.50 bits per heavy atom. The second kappa shape index (κ2) is 5.98. The molecular formula is C10H19NO3. The van der Waals surface area contributed by atoms with Gasteiger partial charge in [-0.05, 0) is 32.6 Å². The molecule has 1 heterocycles. The second-order valence-electron chi connectivity index (χ2n) is 3.78. The number of hydrogen-bond acceptors (Lipinski definition) is 3. The van der Waals surface area contributed by atoms with E-state index in [1.54, 1.807) is 0 Å². The van der Waals surface area contributed by atoms with E-state index < -0.39 is 0 Å². The molecule has 4 heteroatoms. The third-order valence-corrected chi connectivity index (χ3v) is 2.41. The molecule has 1 aliphatic rings. The molecule has 1 rings (SSSR count). The average Bonchev–Trinajstić information content (AvgIpc) is 2.67. The van der Waals surface area contributed by atoms with E-state index in [1.807, 2.05) is 6.92 Å². The highest BCUT2D eigenvalue weighted by atomic mass is 16.5. The van der Waals surface area contributed by atoms with Crippen molar-refractivity contribution in [2.24, 2.45) is 0 Å². The minimum Gasteiger partial charge on any atom is -0.396 e. The molecule has 0 aliphatic carbocycles. The summed E-state index contributed by atoms with van der Waals surface area (Å²) in [7, 11) is 0. The van der Waals surface area contributed by atoms with E-state index in [0.717, 1.165) is 25.7 Å². The van der Waals surface area contributed by atoms with Crippen LogP contribution in [0, 0.1) is 0 Å². The molecule has 1 saturated heterocycles. The van der Waals surface area contributed by atoms with Crippen LogP contribution < -0.4 is 5.32 Å². The molecule has 82 valence electrons. The predicted molar refractivity (Wildman–Crippen MR) is 52.9 cm³/mol. The first-order chi connectivity index (χ1) is 6.74. The summed E-state index contributed by atoms with van der Waals surface area (Å²) in [6.45, 7) is 2.83. The van der Waals surface area contributed by atoms with Crippen molar-refractivity contribution in [1.82, 2.24) is 5.32 Å². The van der Waals surface area contributed by atoms with E-state index in [1.165, 1.54) is 0 Å². The molecule has 0 aromatic heterocycles. The fourth-order valence-corrected chi connectivity index (χ4v) is 1.59. The lowest BCUT2D eigenvalue weighted by Gasteiger charge is -2.16. The Morgan fingerprint density at radius 1 is 1.71 bits per heavy atom. The molecule has 2 N–H and O–H groups in total. The van der Waals surface area contributed by atoms with Crippen LogP contribution in [-0.2, 0) is 9.53 Å². The molecule has 0 spiro atoms. The summed E-state index contributed by atoms with van der Waals surface area (Å²) in [6.07, 6.45) is 3.11. The Labute approximate surface area is 84.6 Å². The van der Waals surface area contributed by atoms with E-state index in [4.69, 9.17) is 9.84 Å². The topological polar surface area (TPSA) is 58.6 Å². The zero-order chi connectivity index (χ0) is 10.4. The van der Waals surface area contributed by atoms with Crippen LogP contribution in [0.4, 0.5) is 0 Å². The van der Waals surface area contributed by atoms with Gasteiger partial charge in [-0.15, -0.1) is 0 Å². The number of ether oxygens (including phenoxy) is 1. The highest BCUT2D eigenvalue weighted by Gasteiger charge is 2.24. The molecule has 0 bridgehead atoms. The molecule has 0 aromatic carbocycles. The van der Waals surface area contributed by atoms with Gasteiger partial charge in [-0.1, -0.05) is 0 Å². The summed E-state index contributed by atoms with van der Waals surface area (Å²) in [5.74, 6) is -0.00654. The summed E-state index contributed by atoms with van der Waals surface area (Å²) in [6, 6.07) is 0.124. The maximum atomic E-state index is 11.5. The van der Waals surface area contributed by atoms with Crippen molar-refractivity contribution >= 4 is 5.91 Å². The van der Waals surface area contributed by atoms with Gasteiger partial charge >= 0.3 is 0 Å². The fraction of sp³-hybridized carbons (Fsp3) is 0.900. The summed E-state index contributed by atoms with van der Waals surface area (Å²) < 4.78 is 5.26. The van der Waals surface area contributed by atoms with Gasteiger partial charge in [0, 0.05) is 19.3 Å². The number of aliphatic hydroxyl groups excluding tert-OH is 1. The van der Waals surface area contributed by atoms with Gasteiger partial charge in [-0.25, -0.2) is 0 Å². The SMILES string of the molecule is CC(CCCO)NC(=O)[C@@H]1CCCO1. The van der Waals surface area contributed by atoms with Crippen molar-refractivity contribution in [3.63, 3.8) is 0 Å². The largest absolute Gasteiger partial charge is 0.396 e. The molecule has 0 saturated carbocycles. The molecule has 14 heavy (non-hydrogen) atoms. The first-order valence-corrected chi connectivity index (χ1v) is 5.27. The van der Waals surface area contributed by atoms with Gasteiger partial charge in [0.25, 0.3) is 0 Å². The molecule has 0 radical (unpaired) electrons. The van der Waals surface area contributed by atoms with E-state index in [-0.39, 0.29) is 24.7 Å². The lowest BCUT2D eigenvalue weighted by molar-refractivity contribution is -0.130. The number of amides is 1. The summed E-state index contributed by atoms with van der Waals surface area (Å²) in [4.78, 5) is 11.5. The van der Waals surface area contributed by atoms with Gasteiger partial charge in [-0.3, -0.25) is 4.79 Å². The Balaban J connectivity index is 2.18. The monoisotopic (exact) mass is 201 g/mol. The molecule has 1 aliphatic heterocycles. The van der Waals surface area contributed by atoms with Gasteiger partial charge in [0.15, 0.2) is 0 Å². The van der Waals surface area contributed by atoms with Crippen LogP contribution >= 0.6 is 0 Å². The lowest BCUT2D eigenvalue weighted by atomic mass is 10.1. The molecule has 0 aromatic rings.